The number of amides is 1. The van der Waals surface area contributed by atoms with E-state index in [0.717, 1.165) is 65.7 Å². The maximum absolute atomic E-state index is 12.8. The van der Waals surface area contributed by atoms with Crippen LogP contribution in [0, 0.1) is 6.92 Å². The molecular weight excluding hydrogens is 322 g/mol. The highest BCUT2D eigenvalue weighted by Gasteiger charge is 2.25. The van der Waals surface area contributed by atoms with Crippen molar-refractivity contribution in [2.75, 3.05) is 51.2 Å². The number of carbonyl (C=O) groups is 1. The molecule has 130 valence electrons. The largest absolute Gasteiger partial charge is 0.353 e. The molecule has 0 radical (unpaired) electrons. The zero-order valence-corrected chi connectivity index (χ0v) is 15.7. The van der Waals surface area contributed by atoms with Crippen molar-refractivity contribution in [3.05, 3.63) is 16.8 Å². The molecular formula is C17H25N5OS. The maximum atomic E-state index is 12.8. The van der Waals surface area contributed by atoms with Gasteiger partial charge in [0.25, 0.3) is 5.91 Å². The zero-order valence-electron chi connectivity index (χ0n) is 14.9. The van der Waals surface area contributed by atoms with Crippen molar-refractivity contribution in [2.45, 2.75) is 20.8 Å². The Morgan fingerprint density at radius 1 is 1.21 bits per heavy atom. The summed E-state index contributed by atoms with van der Waals surface area (Å²) < 4.78 is 0. The smallest absolute Gasteiger partial charge is 0.264 e. The van der Waals surface area contributed by atoms with Gasteiger partial charge in [-0.3, -0.25) is 4.79 Å². The third-order valence-electron chi connectivity index (χ3n) is 4.75. The number of thiophene rings is 1. The molecule has 0 aromatic carbocycles. The van der Waals surface area contributed by atoms with Gasteiger partial charge in [0.15, 0.2) is 0 Å². The molecule has 24 heavy (non-hydrogen) atoms. The van der Waals surface area contributed by atoms with Crippen molar-refractivity contribution >= 4 is 33.3 Å². The summed E-state index contributed by atoms with van der Waals surface area (Å²) in [7, 11) is 2.14. The molecule has 0 aliphatic carbocycles. The van der Waals surface area contributed by atoms with E-state index in [-0.39, 0.29) is 5.91 Å². The van der Waals surface area contributed by atoms with Gasteiger partial charge in [-0.15, -0.1) is 11.3 Å². The molecule has 7 heteroatoms. The second-order valence-electron chi connectivity index (χ2n) is 6.20. The number of likely N-dealkylation sites (N-methyl/N-ethyl adjacent to an activating group) is 1. The van der Waals surface area contributed by atoms with Gasteiger partial charge in [-0.2, -0.15) is 0 Å². The minimum atomic E-state index is 0.102. The summed E-state index contributed by atoms with van der Waals surface area (Å²) in [5, 5.41) is 1.04. The average molecular weight is 347 g/mol. The highest BCUT2D eigenvalue weighted by molar-refractivity contribution is 7.20. The molecule has 0 unspecified atom stereocenters. The van der Waals surface area contributed by atoms with Gasteiger partial charge in [0.1, 0.15) is 17.0 Å². The normalized spacial score (nSPS) is 15.9. The topological polar surface area (TPSA) is 52.6 Å². The van der Waals surface area contributed by atoms with Crippen molar-refractivity contribution in [2.24, 2.45) is 0 Å². The number of hydrogen-bond donors (Lipinski definition) is 0. The number of anilines is 1. The maximum Gasteiger partial charge on any atom is 0.264 e. The van der Waals surface area contributed by atoms with Gasteiger partial charge >= 0.3 is 0 Å². The van der Waals surface area contributed by atoms with Gasteiger partial charge < -0.3 is 14.7 Å². The van der Waals surface area contributed by atoms with E-state index in [2.05, 4.69) is 26.8 Å². The minimum Gasteiger partial charge on any atom is -0.353 e. The monoisotopic (exact) mass is 347 g/mol. The molecule has 1 aliphatic rings. The number of aryl methyl sites for hydroxylation is 1. The van der Waals surface area contributed by atoms with Crippen LogP contribution in [0.2, 0.25) is 0 Å². The van der Waals surface area contributed by atoms with Crippen molar-refractivity contribution in [1.82, 2.24) is 19.8 Å². The van der Waals surface area contributed by atoms with Crippen molar-refractivity contribution < 1.29 is 4.79 Å². The first kappa shape index (κ1) is 17.1. The van der Waals surface area contributed by atoms with E-state index < -0.39 is 0 Å². The molecule has 6 nitrogen and oxygen atoms in total. The first-order valence-corrected chi connectivity index (χ1v) is 9.35. The van der Waals surface area contributed by atoms with Crippen LogP contribution < -0.4 is 4.90 Å². The number of hydrogen-bond acceptors (Lipinski definition) is 6. The number of piperazine rings is 1. The average Bonchev–Trinajstić information content (AvgIpc) is 2.94. The van der Waals surface area contributed by atoms with Crippen LogP contribution >= 0.6 is 11.3 Å². The van der Waals surface area contributed by atoms with Crippen LogP contribution in [0.25, 0.3) is 10.2 Å². The Labute approximate surface area is 147 Å². The van der Waals surface area contributed by atoms with Gasteiger partial charge in [-0.1, -0.05) is 0 Å². The van der Waals surface area contributed by atoms with Crippen LogP contribution in [0.15, 0.2) is 6.33 Å². The van der Waals surface area contributed by atoms with Crippen LogP contribution in [0.4, 0.5) is 5.82 Å². The lowest BCUT2D eigenvalue weighted by Gasteiger charge is -2.33. The molecule has 1 aliphatic heterocycles. The molecule has 3 rings (SSSR count). The predicted octanol–water partition coefficient (Wildman–Crippen LogP) is 2.23. The predicted molar refractivity (Wildman–Crippen MR) is 99.1 cm³/mol. The highest BCUT2D eigenvalue weighted by atomic mass is 32.1. The minimum absolute atomic E-state index is 0.102. The Bertz CT molecular complexity index is 732. The van der Waals surface area contributed by atoms with Gasteiger partial charge in [0.05, 0.1) is 10.3 Å². The quantitative estimate of drug-likeness (QED) is 0.849. The third kappa shape index (κ3) is 2.98. The zero-order chi connectivity index (χ0) is 17.3. The van der Waals surface area contributed by atoms with Gasteiger partial charge in [-0.05, 0) is 33.4 Å². The van der Waals surface area contributed by atoms with E-state index in [1.54, 1.807) is 6.33 Å². The number of aromatic nitrogens is 2. The molecule has 1 saturated heterocycles. The van der Waals surface area contributed by atoms with E-state index in [4.69, 9.17) is 0 Å². The molecule has 3 heterocycles. The standard InChI is InChI=1S/C17H25N5OS/c1-5-21(6-2)17(23)14-12(3)13-15(18-11-19-16(13)24-14)22-9-7-20(4)8-10-22/h11H,5-10H2,1-4H3. The lowest BCUT2D eigenvalue weighted by Crippen LogP contribution is -2.44. The van der Waals surface area contributed by atoms with E-state index in [1.807, 2.05) is 25.7 Å². The lowest BCUT2D eigenvalue weighted by atomic mass is 10.1. The Morgan fingerprint density at radius 3 is 2.50 bits per heavy atom. The molecule has 2 aromatic heterocycles. The van der Waals surface area contributed by atoms with Crippen molar-refractivity contribution in [1.29, 1.82) is 0 Å². The van der Waals surface area contributed by atoms with Crippen molar-refractivity contribution in [3.8, 4) is 0 Å². The summed E-state index contributed by atoms with van der Waals surface area (Å²) in [6, 6.07) is 0. The number of carbonyl (C=O) groups excluding carboxylic acids is 1. The molecule has 0 saturated carbocycles. The SMILES string of the molecule is CCN(CC)C(=O)c1sc2ncnc(N3CCN(C)CC3)c2c1C. The first-order chi connectivity index (χ1) is 11.6. The van der Waals surface area contributed by atoms with Gasteiger partial charge in [0, 0.05) is 39.3 Å². The second-order valence-corrected chi connectivity index (χ2v) is 7.20. The van der Waals surface area contributed by atoms with Crippen LogP contribution in [0.5, 0.6) is 0 Å². The first-order valence-electron chi connectivity index (χ1n) is 8.53. The lowest BCUT2D eigenvalue weighted by molar-refractivity contribution is 0.0777. The molecule has 0 N–H and O–H groups in total. The van der Waals surface area contributed by atoms with E-state index >= 15 is 0 Å². The summed E-state index contributed by atoms with van der Waals surface area (Å²) in [4.78, 5) is 30.0. The fourth-order valence-corrected chi connectivity index (χ4v) is 4.28. The van der Waals surface area contributed by atoms with Crippen LogP contribution in [0.3, 0.4) is 0 Å². The van der Waals surface area contributed by atoms with Crippen LogP contribution in [-0.2, 0) is 0 Å². The molecule has 1 fully saturated rings. The third-order valence-corrected chi connectivity index (χ3v) is 5.94. The van der Waals surface area contributed by atoms with E-state index in [1.165, 1.54) is 11.3 Å². The Kier molecular flexibility index (Phi) is 5.01. The fraction of sp³-hybridized carbons (Fsp3) is 0.588. The summed E-state index contributed by atoms with van der Waals surface area (Å²) in [5.74, 6) is 1.07. The molecule has 1 amide bonds. The van der Waals surface area contributed by atoms with E-state index in [9.17, 15) is 4.79 Å². The second kappa shape index (κ2) is 7.03. The number of nitrogens with zero attached hydrogens (tertiary/aromatic N) is 5. The molecule has 0 bridgehead atoms. The molecule has 0 spiro atoms. The Balaban J connectivity index is 2.02. The van der Waals surface area contributed by atoms with Gasteiger partial charge in [-0.25, -0.2) is 9.97 Å². The highest BCUT2D eigenvalue weighted by Crippen LogP contribution is 2.35. The summed E-state index contributed by atoms with van der Waals surface area (Å²) in [6.45, 7) is 11.5. The fourth-order valence-electron chi connectivity index (χ4n) is 3.17. The number of fused-ring (bicyclic) bond motifs is 1. The van der Waals surface area contributed by atoms with Crippen molar-refractivity contribution in [3.63, 3.8) is 0 Å². The Morgan fingerprint density at radius 2 is 1.88 bits per heavy atom. The van der Waals surface area contributed by atoms with Crippen LogP contribution in [0.1, 0.15) is 29.1 Å². The summed E-state index contributed by atoms with van der Waals surface area (Å²) >= 11 is 1.49. The van der Waals surface area contributed by atoms with Crippen LogP contribution in [-0.4, -0.2) is 72.0 Å². The van der Waals surface area contributed by atoms with Gasteiger partial charge in [0.2, 0.25) is 0 Å². The summed E-state index contributed by atoms with van der Waals surface area (Å²) in [5.41, 5.74) is 1.02. The Hall–Kier alpha value is -1.73. The summed E-state index contributed by atoms with van der Waals surface area (Å²) in [6.07, 6.45) is 1.62. The van der Waals surface area contributed by atoms with E-state index in [0.29, 0.717) is 0 Å². The molecule has 0 atom stereocenters. The number of rotatable bonds is 4. The molecule has 2 aromatic rings.